The van der Waals surface area contributed by atoms with Crippen molar-refractivity contribution in [2.24, 2.45) is 0 Å². The second-order valence-electron chi connectivity index (χ2n) is 4.98. The first-order chi connectivity index (χ1) is 10.7. The van der Waals surface area contributed by atoms with Crippen LogP contribution in [0.3, 0.4) is 0 Å². The van der Waals surface area contributed by atoms with Gasteiger partial charge in [0.2, 0.25) is 0 Å². The largest absolute Gasteiger partial charge is 0.445 e. The van der Waals surface area contributed by atoms with Crippen LogP contribution in [0.25, 0.3) is 0 Å². The Morgan fingerprint density at radius 1 is 0.955 bits per heavy atom. The van der Waals surface area contributed by atoms with E-state index >= 15 is 0 Å². The van der Waals surface area contributed by atoms with E-state index in [0.29, 0.717) is 18.7 Å². The van der Waals surface area contributed by atoms with Gasteiger partial charge in [-0.05, 0) is 11.1 Å². The zero-order chi connectivity index (χ0) is 15.4. The summed E-state index contributed by atoms with van der Waals surface area (Å²) >= 11 is 0. The molecule has 0 aliphatic carbocycles. The lowest BCUT2D eigenvalue weighted by Crippen LogP contribution is -1.90. The van der Waals surface area contributed by atoms with Crippen molar-refractivity contribution in [2.45, 2.75) is 12.8 Å². The van der Waals surface area contributed by atoms with Gasteiger partial charge in [0, 0.05) is 25.0 Å². The minimum absolute atomic E-state index is 0.0890. The molecule has 0 unspecified atom stereocenters. The Balaban J connectivity index is 1.67. The van der Waals surface area contributed by atoms with Crippen molar-refractivity contribution in [2.75, 3.05) is 0 Å². The highest BCUT2D eigenvalue weighted by Crippen LogP contribution is 2.17. The Hall–Kier alpha value is -2.95. The Morgan fingerprint density at radius 3 is 2.32 bits per heavy atom. The van der Waals surface area contributed by atoms with Gasteiger partial charge in [0.1, 0.15) is 5.76 Å². The van der Waals surface area contributed by atoms with Crippen LogP contribution in [0.4, 0.5) is 5.69 Å². The molecule has 0 amide bonds. The molecule has 22 heavy (non-hydrogen) atoms. The predicted molar refractivity (Wildman–Crippen MR) is 81.7 cm³/mol. The number of hydrogen-bond acceptors (Lipinski definition) is 4. The lowest BCUT2D eigenvalue weighted by atomic mass is 10.1. The van der Waals surface area contributed by atoms with Gasteiger partial charge in [0.25, 0.3) is 5.69 Å². The van der Waals surface area contributed by atoms with Gasteiger partial charge in [-0.2, -0.15) is 0 Å². The van der Waals surface area contributed by atoms with Gasteiger partial charge in [-0.15, -0.1) is 0 Å². The topological polar surface area (TPSA) is 69.2 Å². The van der Waals surface area contributed by atoms with Crippen LogP contribution in [0.15, 0.2) is 65.2 Å². The van der Waals surface area contributed by atoms with Crippen LogP contribution in [0.5, 0.6) is 0 Å². The molecule has 0 aliphatic rings. The molecule has 0 atom stereocenters. The molecule has 5 nitrogen and oxygen atoms in total. The summed E-state index contributed by atoms with van der Waals surface area (Å²) in [4.78, 5) is 14.5. The maximum atomic E-state index is 10.6. The third-order valence-corrected chi connectivity index (χ3v) is 3.33. The Kier molecular flexibility index (Phi) is 3.96. The monoisotopic (exact) mass is 294 g/mol. The molecule has 0 saturated heterocycles. The molecule has 0 spiro atoms. The predicted octanol–water partition coefficient (Wildman–Crippen LogP) is 3.76. The highest BCUT2D eigenvalue weighted by Gasteiger charge is 2.08. The van der Waals surface area contributed by atoms with Crippen molar-refractivity contribution in [3.05, 3.63) is 93.7 Å². The summed E-state index contributed by atoms with van der Waals surface area (Å²) in [6.07, 6.45) is 2.93. The molecular formula is C17H14N2O3. The lowest BCUT2D eigenvalue weighted by Gasteiger charge is -1.98. The quantitative estimate of drug-likeness (QED) is 0.530. The molecule has 0 saturated carbocycles. The number of nitro benzene ring substituents is 1. The molecule has 0 bridgehead atoms. The highest BCUT2D eigenvalue weighted by atomic mass is 16.6. The third-order valence-electron chi connectivity index (χ3n) is 3.33. The van der Waals surface area contributed by atoms with Crippen LogP contribution in [-0.4, -0.2) is 9.91 Å². The highest BCUT2D eigenvalue weighted by molar-refractivity contribution is 5.34. The van der Waals surface area contributed by atoms with Crippen molar-refractivity contribution < 1.29 is 9.34 Å². The van der Waals surface area contributed by atoms with Gasteiger partial charge >= 0.3 is 0 Å². The Morgan fingerprint density at radius 2 is 1.64 bits per heavy atom. The van der Waals surface area contributed by atoms with Crippen LogP contribution in [0, 0.1) is 10.1 Å². The summed E-state index contributed by atoms with van der Waals surface area (Å²) < 4.78 is 5.72. The van der Waals surface area contributed by atoms with Gasteiger partial charge in [0.15, 0.2) is 5.89 Å². The van der Waals surface area contributed by atoms with Crippen molar-refractivity contribution >= 4 is 5.69 Å². The van der Waals surface area contributed by atoms with Gasteiger partial charge in [0.05, 0.1) is 11.1 Å². The molecule has 5 heteroatoms. The van der Waals surface area contributed by atoms with Gasteiger partial charge in [-0.1, -0.05) is 42.5 Å². The number of nitrogens with zero attached hydrogens (tertiary/aromatic N) is 2. The zero-order valence-electron chi connectivity index (χ0n) is 11.8. The van der Waals surface area contributed by atoms with E-state index in [1.165, 1.54) is 12.1 Å². The minimum atomic E-state index is -0.407. The number of oxazole rings is 1. The molecular weight excluding hydrogens is 280 g/mol. The van der Waals surface area contributed by atoms with Crippen molar-refractivity contribution in [1.82, 2.24) is 4.98 Å². The molecule has 3 aromatic rings. The molecule has 1 aromatic heterocycles. The fraction of sp³-hybridized carbons (Fsp3) is 0.118. The summed E-state index contributed by atoms with van der Waals surface area (Å²) in [5.41, 5.74) is 2.19. The molecule has 0 radical (unpaired) electrons. The summed E-state index contributed by atoms with van der Waals surface area (Å²) in [7, 11) is 0. The van der Waals surface area contributed by atoms with Gasteiger partial charge in [-0.3, -0.25) is 10.1 Å². The van der Waals surface area contributed by atoms with Crippen molar-refractivity contribution in [3.8, 4) is 0 Å². The van der Waals surface area contributed by atoms with E-state index < -0.39 is 4.92 Å². The van der Waals surface area contributed by atoms with Gasteiger partial charge in [-0.25, -0.2) is 4.98 Å². The molecule has 1 heterocycles. The third kappa shape index (κ3) is 3.38. The number of non-ortho nitro benzene ring substituents is 1. The molecule has 0 fully saturated rings. The minimum Gasteiger partial charge on any atom is -0.445 e. The second-order valence-corrected chi connectivity index (χ2v) is 4.98. The van der Waals surface area contributed by atoms with E-state index in [0.717, 1.165) is 16.9 Å². The van der Waals surface area contributed by atoms with Crippen LogP contribution in [0.1, 0.15) is 22.8 Å². The fourth-order valence-corrected chi connectivity index (χ4v) is 2.22. The Labute approximate surface area is 127 Å². The van der Waals surface area contributed by atoms with Crippen LogP contribution in [-0.2, 0) is 12.8 Å². The summed E-state index contributed by atoms with van der Waals surface area (Å²) in [6.45, 7) is 0. The van der Waals surface area contributed by atoms with Crippen molar-refractivity contribution in [3.63, 3.8) is 0 Å². The number of rotatable bonds is 5. The Bertz CT molecular complexity index is 764. The SMILES string of the molecule is O=[N+]([O-])c1ccc(Cc2cnc(Cc3ccccc3)o2)cc1. The first-order valence-electron chi connectivity index (χ1n) is 6.91. The number of benzene rings is 2. The van der Waals surface area contributed by atoms with Crippen molar-refractivity contribution in [1.29, 1.82) is 0 Å². The van der Waals surface area contributed by atoms with E-state index in [9.17, 15) is 10.1 Å². The van der Waals surface area contributed by atoms with Crippen LogP contribution < -0.4 is 0 Å². The first-order valence-corrected chi connectivity index (χ1v) is 6.91. The normalized spacial score (nSPS) is 10.5. The van der Waals surface area contributed by atoms with E-state index in [1.807, 2.05) is 30.3 Å². The molecule has 3 rings (SSSR count). The van der Waals surface area contributed by atoms with E-state index in [4.69, 9.17) is 4.42 Å². The molecule has 0 N–H and O–H groups in total. The lowest BCUT2D eigenvalue weighted by molar-refractivity contribution is -0.384. The molecule has 2 aromatic carbocycles. The zero-order valence-corrected chi connectivity index (χ0v) is 11.8. The average Bonchev–Trinajstić information content (AvgIpc) is 2.96. The number of hydrogen-bond donors (Lipinski definition) is 0. The maximum absolute atomic E-state index is 10.6. The van der Waals surface area contributed by atoms with E-state index in [1.54, 1.807) is 18.3 Å². The van der Waals surface area contributed by atoms with E-state index in [2.05, 4.69) is 4.98 Å². The summed E-state index contributed by atoms with van der Waals surface area (Å²) in [5, 5.41) is 10.6. The fourth-order valence-electron chi connectivity index (χ4n) is 2.22. The first kappa shape index (κ1) is 14.0. The molecule has 0 aliphatic heterocycles. The average molecular weight is 294 g/mol. The second kappa shape index (κ2) is 6.22. The van der Waals surface area contributed by atoms with E-state index in [-0.39, 0.29) is 5.69 Å². The smallest absolute Gasteiger partial charge is 0.269 e. The van der Waals surface area contributed by atoms with Crippen LogP contribution in [0.2, 0.25) is 0 Å². The molecule has 110 valence electrons. The summed E-state index contributed by atoms with van der Waals surface area (Å²) in [6, 6.07) is 16.5. The standard InChI is InChI=1S/C17H14N2O3/c20-19(21)15-8-6-14(7-9-15)10-16-12-18-17(22-16)11-13-4-2-1-3-5-13/h1-9,12H,10-11H2. The number of aromatic nitrogens is 1. The van der Waals surface area contributed by atoms with Crippen LogP contribution >= 0.6 is 0 Å². The maximum Gasteiger partial charge on any atom is 0.269 e. The summed E-state index contributed by atoms with van der Waals surface area (Å²) in [5.74, 6) is 1.42. The number of nitro groups is 1. The van der Waals surface area contributed by atoms with Gasteiger partial charge < -0.3 is 4.42 Å².